The van der Waals surface area contributed by atoms with Crippen molar-refractivity contribution < 1.29 is 24.3 Å². The molecule has 452 valence electrons. The topological polar surface area (TPSA) is 431 Å². The highest BCUT2D eigenvalue weighted by Crippen LogP contribution is 2.34. The van der Waals surface area contributed by atoms with Crippen LogP contribution in [0.25, 0.3) is 43.6 Å². The predicted octanol–water partition coefficient (Wildman–Crippen LogP) is 13.3. The number of anilines is 5. The number of halogens is 4. The molecule has 10 N–H and O–H groups in total. The van der Waals surface area contributed by atoms with Crippen LogP contribution < -0.4 is 27.5 Å². The van der Waals surface area contributed by atoms with Gasteiger partial charge in [-0.25, -0.2) is 15.9 Å². The molecule has 11 rings (SSSR count). The predicted molar refractivity (Wildman–Crippen MR) is 367 cm³/mol. The van der Waals surface area contributed by atoms with Gasteiger partial charge in [0.25, 0.3) is 5.91 Å². The first-order chi connectivity index (χ1) is 43.4. The number of aromatic nitrogens is 8. The van der Waals surface area contributed by atoms with Gasteiger partial charge in [-0.05, 0) is 222 Å². The summed E-state index contributed by atoms with van der Waals surface area (Å²) in [6.07, 6.45) is 0. The SMILES string of the molecule is Cc1cc(C)c2nnc(C(N)=O)c(Nc3cccc(C#N)c3)c2c1.Cc1cc(I)cc2c(=O)c(C(=O)O)n[nH]c12.Cc1cc(I)cc2c(Cl)c(C(=O)N=N)nnc12.Cc1cc(I)cc2c(Nc3cccc(C#N)c3)c(C(=O)N=N)nnc12.N#Cc1cccc(N)c1. The molecule has 25 nitrogen and oxygen atoms in total. The lowest BCUT2D eigenvalue weighted by Gasteiger charge is -2.14. The summed E-state index contributed by atoms with van der Waals surface area (Å²) in [5.74, 6) is -3.56. The van der Waals surface area contributed by atoms with Crippen LogP contribution in [-0.2, 0) is 0 Å². The van der Waals surface area contributed by atoms with Gasteiger partial charge in [0.05, 0.1) is 78.7 Å². The molecule has 0 aliphatic carbocycles. The quantitative estimate of drug-likeness (QED) is 0.0398. The number of hydrogen-bond acceptors (Lipinski definition) is 20. The molecule has 0 saturated carbocycles. The van der Waals surface area contributed by atoms with Crippen molar-refractivity contribution in [2.75, 3.05) is 16.4 Å². The van der Waals surface area contributed by atoms with Gasteiger partial charge in [0, 0.05) is 43.9 Å². The molecule has 0 aliphatic heterocycles. The number of primary amides is 1. The van der Waals surface area contributed by atoms with Gasteiger partial charge in [-0.1, -0.05) is 41.4 Å². The number of H-pyrrole nitrogens is 1. The number of amides is 3. The first-order valence-corrected chi connectivity index (χ1v) is 29.7. The number of carbonyl (C=O) groups excluding carboxylic acids is 3. The Morgan fingerprint density at radius 2 is 0.989 bits per heavy atom. The van der Waals surface area contributed by atoms with Gasteiger partial charge < -0.3 is 27.2 Å². The Morgan fingerprint density at radius 3 is 1.48 bits per heavy atom. The minimum atomic E-state index is -1.32. The van der Waals surface area contributed by atoms with Gasteiger partial charge in [0.2, 0.25) is 11.1 Å². The lowest BCUT2D eigenvalue weighted by molar-refractivity contribution is 0.0687. The number of nitrogens with two attached hydrogens (primary N) is 2. The molecule has 7 aromatic carbocycles. The fourth-order valence-electron chi connectivity index (χ4n) is 8.76. The lowest BCUT2D eigenvalue weighted by atomic mass is 10.0. The maximum absolute atomic E-state index is 12.0. The number of aromatic amines is 1. The highest BCUT2D eigenvalue weighted by molar-refractivity contribution is 14.1. The number of hydrogen-bond donors (Lipinski definition) is 8. The summed E-state index contributed by atoms with van der Waals surface area (Å²) in [5.41, 5.74) is 35.2. The number of nitrogen functional groups attached to an aromatic ring is 1. The molecule has 0 radical (unpaired) electrons. The standard InChI is InChI=1S/C18H15N5O.C17H11IN6O.C10H6ClIN4O.C10H7IN2O3.C7H6N2/c1-10-6-11(2)15-14(7-10)16(17(18(20)24)23-22-15)21-13-5-3-4-12(8-13)9-19;1-9-5-11(18)7-13-14(9)23-24-16(17(25)22-20)15(13)21-12-4-2-3-10(6-12)8-19;1-4-2-5(12)3-6-7(11)9(10(17)14-13)16-15-8(4)6;1-4-2-5(11)3-6-7(4)12-13-8(9(6)14)10(15)16;8-5-6-2-1-3-7(9)4-6/h3-8H,1-2H3,(H2,20,24)(H,21,22);2-7,20H,1H3,(H,21,23);2-3,13H,1H3;2-3H,1H3,(H,12,14)(H,15,16);1-4H,9H2. The molecule has 0 saturated heterocycles. The van der Waals surface area contributed by atoms with Gasteiger partial charge in [-0.3, -0.25) is 24.3 Å². The molecular formula is C62H45ClI3N19O6. The molecule has 0 aliphatic rings. The Kier molecular flexibility index (Phi) is 22.9. The molecule has 29 heteroatoms. The molecule has 0 atom stereocenters. The number of aryl methyl sites for hydroxylation is 5. The zero-order valence-corrected chi connectivity index (χ0v) is 55.3. The van der Waals surface area contributed by atoms with Crippen LogP contribution in [0, 0.1) is 90.4 Å². The van der Waals surface area contributed by atoms with E-state index in [2.05, 4.69) is 142 Å². The van der Waals surface area contributed by atoms with E-state index < -0.39 is 34.8 Å². The molecule has 0 fully saturated rings. The van der Waals surface area contributed by atoms with Gasteiger partial charge in [-0.15, -0.1) is 40.8 Å². The highest BCUT2D eigenvalue weighted by atomic mass is 127. The fraction of sp³-hybridized carbons (Fsp3) is 0.0806. The third kappa shape index (κ3) is 16.6. The van der Waals surface area contributed by atoms with Crippen LogP contribution in [0.15, 0.2) is 136 Å². The summed E-state index contributed by atoms with van der Waals surface area (Å²) in [7, 11) is 0. The summed E-state index contributed by atoms with van der Waals surface area (Å²) < 4.78 is 2.85. The van der Waals surface area contributed by atoms with E-state index in [1.165, 1.54) is 0 Å². The van der Waals surface area contributed by atoms with Crippen LogP contribution in [0.4, 0.5) is 28.4 Å². The van der Waals surface area contributed by atoms with Crippen LogP contribution in [0.2, 0.25) is 5.02 Å². The fourth-order valence-corrected chi connectivity index (χ4v) is 11.4. The summed E-state index contributed by atoms with van der Waals surface area (Å²) in [6, 6.07) is 41.9. The summed E-state index contributed by atoms with van der Waals surface area (Å²) in [6.45, 7) is 9.55. The number of nitrogens with one attached hydrogen (secondary N) is 5. The van der Waals surface area contributed by atoms with Gasteiger partial charge >= 0.3 is 17.8 Å². The van der Waals surface area contributed by atoms with Gasteiger partial charge in [-0.2, -0.15) is 20.9 Å². The Balaban J connectivity index is 0.000000167. The number of rotatable bonds is 8. The number of nitrogens with zero attached hydrogens (tertiary/aromatic N) is 12. The van der Waals surface area contributed by atoms with Crippen molar-refractivity contribution in [1.82, 2.24) is 40.8 Å². The number of benzene rings is 7. The minimum absolute atomic E-state index is 0.0359. The first-order valence-electron chi connectivity index (χ1n) is 26.1. The second-order valence-corrected chi connectivity index (χ2v) is 23.5. The lowest BCUT2D eigenvalue weighted by Crippen LogP contribution is -2.18. The second-order valence-electron chi connectivity index (χ2n) is 19.3. The molecule has 91 heavy (non-hydrogen) atoms. The number of carbonyl (C=O) groups is 4. The zero-order valence-electron chi connectivity index (χ0n) is 48.1. The summed E-state index contributed by atoms with van der Waals surface area (Å²) in [4.78, 5) is 57.6. The third-order valence-corrected chi connectivity index (χ3v) is 15.1. The van der Waals surface area contributed by atoms with Crippen molar-refractivity contribution in [1.29, 1.82) is 26.8 Å². The third-order valence-electron chi connectivity index (χ3n) is 12.8. The summed E-state index contributed by atoms with van der Waals surface area (Å²) in [5, 5.41) is 80.0. The van der Waals surface area contributed by atoms with E-state index in [1.807, 2.05) is 83.2 Å². The second kappa shape index (κ2) is 30.6. The Morgan fingerprint density at radius 1 is 0.560 bits per heavy atom. The van der Waals surface area contributed by atoms with E-state index in [9.17, 15) is 24.0 Å². The smallest absolute Gasteiger partial charge is 0.360 e. The van der Waals surface area contributed by atoms with Crippen LogP contribution in [0.5, 0.6) is 0 Å². The number of carboxylic acids is 1. The molecule has 4 heterocycles. The van der Waals surface area contributed by atoms with Crippen LogP contribution in [0.3, 0.4) is 0 Å². The Labute approximate surface area is 562 Å². The zero-order chi connectivity index (χ0) is 66.4. The maximum atomic E-state index is 12.0. The van der Waals surface area contributed by atoms with Crippen LogP contribution >= 0.6 is 79.4 Å². The maximum Gasteiger partial charge on any atom is 0.360 e. The molecule has 0 spiro atoms. The number of carboxylic acid groups (broad SMARTS) is 1. The molecule has 11 aromatic rings. The molecular weight excluding hydrogens is 1520 g/mol. The van der Waals surface area contributed by atoms with Crippen molar-refractivity contribution in [2.45, 2.75) is 34.6 Å². The van der Waals surface area contributed by atoms with Crippen molar-refractivity contribution in [3.05, 3.63) is 215 Å². The monoisotopic (exact) mass is 1570 g/mol. The first kappa shape index (κ1) is 68.0. The average molecular weight is 1570 g/mol. The minimum Gasteiger partial charge on any atom is -0.476 e. The van der Waals surface area contributed by atoms with Crippen molar-refractivity contribution >= 4 is 175 Å². The molecule has 3 amide bonds. The summed E-state index contributed by atoms with van der Waals surface area (Å²) >= 11 is 12.5. The van der Waals surface area contributed by atoms with Gasteiger partial charge in [0.1, 0.15) is 0 Å². The van der Waals surface area contributed by atoms with Crippen molar-refractivity contribution in [2.24, 2.45) is 16.0 Å². The van der Waals surface area contributed by atoms with E-state index in [0.717, 1.165) is 43.9 Å². The van der Waals surface area contributed by atoms with Crippen LogP contribution in [-0.4, -0.2) is 69.6 Å². The van der Waals surface area contributed by atoms with E-state index >= 15 is 0 Å². The number of aromatic carboxylic acids is 1. The van der Waals surface area contributed by atoms with Crippen molar-refractivity contribution in [3.63, 3.8) is 0 Å². The molecule has 0 bridgehead atoms. The van der Waals surface area contributed by atoms with E-state index in [0.29, 0.717) is 83.4 Å². The average Bonchev–Trinajstić information content (AvgIpc) is 0.833. The van der Waals surface area contributed by atoms with Crippen LogP contribution in [0.1, 0.15) is 86.5 Å². The van der Waals surface area contributed by atoms with Crippen molar-refractivity contribution in [3.8, 4) is 18.2 Å². The number of fused-ring (bicyclic) bond motifs is 4. The highest BCUT2D eigenvalue weighted by Gasteiger charge is 2.22. The molecule has 4 aromatic heterocycles. The molecule has 0 unspecified atom stereocenters. The number of nitriles is 3. The Hall–Kier alpha value is -10.5. The largest absolute Gasteiger partial charge is 0.476 e. The normalized spacial score (nSPS) is 10.2. The van der Waals surface area contributed by atoms with E-state index in [1.54, 1.807) is 78.9 Å². The van der Waals surface area contributed by atoms with E-state index in [-0.39, 0.29) is 22.1 Å². The van der Waals surface area contributed by atoms with Gasteiger partial charge in [0.15, 0.2) is 17.1 Å². The van der Waals surface area contributed by atoms with E-state index in [4.69, 9.17) is 55.0 Å². The Bertz CT molecular complexity index is 4990.